The molecule has 0 atom stereocenters. The molecule has 1 aliphatic rings. The average molecular weight is 309 g/mol. The Kier molecular flexibility index (Phi) is 4.15. The van der Waals surface area contributed by atoms with Crippen LogP contribution in [0.25, 0.3) is 10.8 Å². The number of benzene rings is 1. The van der Waals surface area contributed by atoms with E-state index in [0.717, 1.165) is 15.2 Å². The third-order valence-electron chi connectivity index (χ3n) is 2.27. The van der Waals surface area contributed by atoms with Gasteiger partial charge >= 0.3 is 6.09 Å². The van der Waals surface area contributed by atoms with Crippen molar-refractivity contribution in [1.82, 2.24) is 4.98 Å². The number of nitrogens with one attached hydrogen (secondary N) is 1. The van der Waals surface area contributed by atoms with Gasteiger partial charge in [0.05, 0.1) is 0 Å². The lowest BCUT2D eigenvalue weighted by Crippen LogP contribution is -2.08. The molecule has 18 heavy (non-hydrogen) atoms. The molecule has 1 amide bonds. The van der Waals surface area contributed by atoms with Crippen LogP contribution in [-0.2, 0) is 0 Å². The molecule has 1 aromatic heterocycles. The highest BCUT2D eigenvalue weighted by molar-refractivity contribution is 9.10. The molecular weight excluding hydrogens is 296 g/mol. The maximum absolute atomic E-state index is 10.4. The van der Waals surface area contributed by atoms with E-state index in [2.05, 4.69) is 26.2 Å². The van der Waals surface area contributed by atoms with Gasteiger partial charge in [0.15, 0.2) is 0 Å². The van der Waals surface area contributed by atoms with E-state index in [1.54, 1.807) is 12.3 Å². The number of aromatic nitrogens is 1. The second-order valence-corrected chi connectivity index (χ2v) is 4.97. The molecule has 3 rings (SSSR count). The van der Waals surface area contributed by atoms with Crippen LogP contribution in [0.4, 0.5) is 10.6 Å². The predicted octanol–water partition coefficient (Wildman–Crippen LogP) is 4.26. The number of fused-ring (bicyclic) bond motifs is 1. The number of nitrogens with zero attached hydrogens (tertiary/aromatic N) is 1. The average Bonchev–Trinajstić information content (AvgIpc) is 3.16. The van der Waals surface area contributed by atoms with E-state index in [1.807, 2.05) is 18.2 Å². The molecule has 0 unspecified atom stereocenters. The van der Waals surface area contributed by atoms with Gasteiger partial charge in [0, 0.05) is 16.1 Å². The second-order valence-electron chi connectivity index (χ2n) is 4.05. The van der Waals surface area contributed by atoms with Crippen LogP contribution in [0.5, 0.6) is 0 Å². The van der Waals surface area contributed by atoms with Gasteiger partial charge in [0.1, 0.15) is 5.82 Å². The Morgan fingerprint density at radius 3 is 2.56 bits per heavy atom. The SMILES string of the molecule is C1CC1.O=C(O)Nc1cc2ccc(Br)cc2cn1. The standard InChI is InChI=1S/C10H7BrN2O2.C3H6/c11-8-2-1-6-4-9(13-10(14)15)12-5-7(6)3-8;1-2-3-1/h1-5H,(H,12,13)(H,14,15);1-3H2. The number of amides is 1. The highest BCUT2D eigenvalue weighted by Crippen LogP contribution is 2.21. The molecule has 2 N–H and O–H groups in total. The van der Waals surface area contributed by atoms with Crippen LogP contribution in [0, 0.1) is 0 Å². The smallest absolute Gasteiger partial charge is 0.410 e. The third kappa shape index (κ3) is 4.00. The lowest BCUT2D eigenvalue weighted by molar-refractivity contribution is 0.209. The van der Waals surface area contributed by atoms with E-state index in [-0.39, 0.29) is 0 Å². The molecule has 1 saturated carbocycles. The van der Waals surface area contributed by atoms with Crippen molar-refractivity contribution in [2.75, 3.05) is 5.32 Å². The van der Waals surface area contributed by atoms with Crippen LogP contribution in [0.15, 0.2) is 34.9 Å². The van der Waals surface area contributed by atoms with Gasteiger partial charge in [-0.3, -0.25) is 5.32 Å². The topological polar surface area (TPSA) is 62.2 Å². The molecule has 4 nitrogen and oxygen atoms in total. The summed E-state index contributed by atoms with van der Waals surface area (Å²) in [6.45, 7) is 0. The minimum Gasteiger partial charge on any atom is -0.465 e. The Labute approximate surface area is 113 Å². The lowest BCUT2D eigenvalue weighted by Gasteiger charge is -2.02. The van der Waals surface area contributed by atoms with Crippen molar-refractivity contribution in [1.29, 1.82) is 0 Å². The molecule has 1 aromatic carbocycles. The Morgan fingerprint density at radius 2 is 1.94 bits per heavy atom. The Bertz CT molecular complexity index is 567. The van der Waals surface area contributed by atoms with E-state index in [0.29, 0.717) is 5.82 Å². The van der Waals surface area contributed by atoms with Crippen molar-refractivity contribution in [2.45, 2.75) is 19.3 Å². The van der Waals surface area contributed by atoms with Gasteiger partial charge in [-0.15, -0.1) is 0 Å². The van der Waals surface area contributed by atoms with Gasteiger partial charge in [-0.1, -0.05) is 41.3 Å². The zero-order valence-electron chi connectivity index (χ0n) is 9.69. The summed E-state index contributed by atoms with van der Waals surface area (Å²) in [5.41, 5.74) is 0. The van der Waals surface area contributed by atoms with Crippen LogP contribution in [0.2, 0.25) is 0 Å². The number of carbonyl (C=O) groups is 1. The summed E-state index contributed by atoms with van der Waals surface area (Å²) < 4.78 is 0.968. The molecule has 0 aliphatic heterocycles. The second kappa shape index (κ2) is 5.82. The zero-order valence-corrected chi connectivity index (χ0v) is 11.3. The highest BCUT2D eigenvalue weighted by atomic mass is 79.9. The van der Waals surface area contributed by atoms with E-state index in [4.69, 9.17) is 5.11 Å². The lowest BCUT2D eigenvalue weighted by atomic mass is 10.2. The van der Waals surface area contributed by atoms with Crippen LogP contribution in [-0.4, -0.2) is 16.2 Å². The van der Waals surface area contributed by atoms with Gasteiger partial charge in [-0.25, -0.2) is 9.78 Å². The first-order valence-corrected chi connectivity index (χ1v) is 6.50. The molecule has 0 saturated heterocycles. The highest BCUT2D eigenvalue weighted by Gasteiger charge is 2.01. The summed E-state index contributed by atoms with van der Waals surface area (Å²) in [6.07, 6.45) is 5.02. The van der Waals surface area contributed by atoms with Crippen molar-refractivity contribution in [2.24, 2.45) is 0 Å². The Morgan fingerprint density at radius 1 is 1.22 bits per heavy atom. The summed E-state index contributed by atoms with van der Waals surface area (Å²) >= 11 is 3.35. The van der Waals surface area contributed by atoms with Crippen LogP contribution in [0.1, 0.15) is 19.3 Å². The summed E-state index contributed by atoms with van der Waals surface area (Å²) in [6, 6.07) is 7.41. The minimum atomic E-state index is -1.11. The first kappa shape index (κ1) is 12.8. The van der Waals surface area contributed by atoms with Gasteiger partial charge in [-0.05, 0) is 23.6 Å². The molecule has 1 heterocycles. The largest absolute Gasteiger partial charge is 0.465 e. The van der Waals surface area contributed by atoms with Crippen LogP contribution < -0.4 is 5.32 Å². The fourth-order valence-corrected chi connectivity index (χ4v) is 1.67. The molecule has 94 valence electrons. The maximum Gasteiger partial charge on any atom is 0.410 e. The van der Waals surface area contributed by atoms with Crippen molar-refractivity contribution in [3.05, 3.63) is 34.9 Å². The number of pyridine rings is 1. The summed E-state index contributed by atoms with van der Waals surface area (Å²) in [7, 11) is 0. The number of anilines is 1. The quantitative estimate of drug-likeness (QED) is 0.827. The van der Waals surface area contributed by atoms with Gasteiger partial charge in [-0.2, -0.15) is 0 Å². The van der Waals surface area contributed by atoms with Crippen molar-refractivity contribution in [3.8, 4) is 0 Å². The molecule has 0 bridgehead atoms. The fourth-order valence-electron chi connectivity index (χ4n) is 1.29. The summed E-state index contributed by atoms with van der Waals surface area (Å²) in [5.74, 6) is 0.331. The van der Waals surface area contributed by atoms with Crippen LogP contribution >= 0.6 is 15.9 Å². The molecule has 2 aromatic rings. The summed E-state index contributed by atoms with van der Waals surface area (Å²) in [5, 5.41) is 12.6. The van der Waals surface area contributed by atoms with Gasteiger partial charge < -0.3 is 5.11 Å². The molecule has 5 heteroatoms. The molecule has 0 spiro atoms. The van der Waals surface area contributed by atoms with Gasteiger partial charge in [0.2, 0.25) is 0 Å². The third-order valence-corrected chi connectivity index (χ3v) is 2.77. The fraction of sp³-hybridized carbons (Fsp3) is 0.231. The first-order valence-electron chi connectivity index (χ1n) is 5.70. The molecule has 1 fully saturated rings. The van der Waals surface area contributed by atoms with E-state index in [9.17, 15) is 4.79 Å². The number of hydrogen-bond donors (Lipinski definition) is 2. The van der Waals surface area contributed by atoms with E-state index in [1.165, 1.54) is 19.3 Å². The molecule has 0 radical (unpaired) electrons. The molecule has 1 aliphatic carbocycles. The predicted molar refractivity (Wildman–Crippen MR) is 74.9 cm³/mol. The van der Waals surface area contributed by atoms with Crippen molar-refractivity contribution < 1.29 is 9.90 Å². The van der Waals surface area contributed by atoms with E-state index >= 15 is 0 Å². The van der Waals surface area contributed by atoms with E-state index < -0.39 is 6.09 Å². The first-order chi connectivity index (χ1) is 8.65. The van der Waals surface area contributed by atoms with Gasteiger partial charge in [0.25, 0.3) is 0 Å². The number of halogens is 1. The Balaban J connectivity index is 0.000000350. The van der Waals surface area contributed by atoms with Crippen LogP contribution in [0.3, 0.4) is 0 Å². The maximum atomic E-state index is 10.4. The normalized spacial score (nSPS) is 12.5. The number of carboxylic acid groups (broad SMARTS) is 1. The zero-order chi connectivity index (χ0) is 13.0. The summed E-state index contributed by atoms with van der Waals surface area (Å²) in [4.78, 5) is 14.4. The van der Waals surface area contributed by atoms with Crippen molar-refractivity contribution >= 4 is 38.6 Å². The number of rotatable bonds is 1. The van der Waals surface area contributed by atoms with Crippen molar-refractivity contribution in [3.63, 3.8) is 0 Å². The monoisotopic (exact) mass is 308 g/mol. The number of hydrogen-bond acceptors (Lipinski definition) is 2. The minimum absolute atomic E-state index is 0.331. The Hall–Kier alpha value is -1.62. The molecular formula is C13H13BrN2O2.